The predicted octanol–water partition coefficient (Wildman–Crippen LogP) is 4.31. The summed E-state index contributed by atoms with van der Waals surface area (Å²) in [6.45, 7) is 4.09. The quantitative estimate of drug-likeness (QED) is 0.825. The summed E-state index contributed by atoms with van der Waals surface area (Å²) in [5.41, 5.74) is 3.23. The molecular formula is C19H23NO. The lowest BCUT2D eigenvalue weighted by Gasteiger charge is -2.22. The number of fused-ring (bicyclic) bond motifs is 2. The van der Waals surface area contributed by atoms with Gasteiger partial charge in [0.1, 0.15) is 5.92 Å². The highest BCUT2D eigenvalue weighted by Gasteiger charge is 2.40. The van der Waals surface area contributed by atoms with Crippen molar-refractivity contribution in [3.8, 4) is 6.07 Å². The summed E-state index contributed by atoms with van der Waals surface area (Å²) in [5.74, 6) is 1.69. The van der Waals surface area contributed by atoms with E-state index in [4.69, 9.17) is 0 Å². The maximum Gasteiger partial charge on any atom is 0.154 e. The number of Topliss-reactive ketones (excluding diaryl/α,β-unsaturated/α-hetero) is 1. The van der Waals surface area contributed by atoms with E-state index in [9.17, 15) is 10.1 Å². The molecule has 2 heteroatoms. The SMILES string of the molecule is Cc1ccc(C(C#N)C(=O)CC2CC3CCC2C3)cc1C. The summed E-state index contributed by atoms with van der Waals surface area (Å²) in [7, 11) is 0. The van der Waals surface area contributed by atoms with Gasteiger partial charge in [0.25, 0.3) is 0 Å². The fourth-order valence-corrected chi connectivity index (χ4v) is 4.28. The smallest absolute Gasteiger partial charge is 0.154 e. The van der Waals surface area contributed by atoms with E-state index in [0.717, 1.165) is 23.0 Å². The van der Waals surface area contributed by atoms with Crippen LogP contribution in [0.1, 0.15) is 54.7 Å². The second kappa shape index (κ2) is 5.64. The number of ketones is 1. The molecule has 2 bridgehead atoms. The van der Waals surface area contributed by atoms with Crippen LogP contribution in [0.3, 0.4) is 0 Å². The zero-order valence-corrected chi connectivity index (χ0v) is 12.9. The van der Waals surface area contributed by atoms with E-state index >= 15 is 0 Å². The third kappa shape index (κ3) is 2.75. The van der Waals surface area contributed by atoms with Gasteiger partial charge < -0.3 is 0 Å². The molecule has 0 heterocycles. The number of carbonyl (C=O) groups excluding carboxylic acids is 1. The number of carbonyl (C=O) groups is 1. The van der Waals surface area contributed by atoms with Gasteiger partial charge in [-0.3, -0.25) is 4.79 Å². The maximum atomic E-state index is 12.6. The molecule has 2 saturated carbocycles. The second-order valence-electron chi connectivity index (χ2n) is 7.01. The van der Waals surface area contributed by atoms with Crippen molar-refractivity contribution in [2.45, 2.75) is 51.9 Å². The van der Waals surface area contributed by atoms with E-state index in [1.54, 1.807) is 0 Å². The van der Waals surface area contributed by atoms with Gasteiger partial charge in [0, 0.05) is 6.42 Å². The van der Waals surface area contributed by atoms with Crippen LogP contribution in [0.25, 0.3) is 0 Å². The Bertz CT molecular complexity index is 598. The van der Waals surface area contributed by atoms with Crippen LogP contribution in [0.15, 0.2) is 18.2 Å². The average molecular weight is 281 g/mol. The average Bonchev–Trinajstić information content (AvgIpc) is 3.06. The molecule has 3 rings (SSSR count). The number of rotatable bonds is 4. The summed E-state index contributed by atoms with van der Waals surface area (Å²) in [4.78, 5) is 12.6. The van der Waals surface area contributed by atoms with Gasteiger partial charge in [0.2, 0.25) is 0 Å². The van der Waals surface area contributed by atoms with Crippen molar-refractivity contribution < 1.29 is 4.79 Å². The third-order valence-corrected chi connectivity index (χ3v) is 5.66. The third-order valence-electron chi connectivity index (χ3n) is 5.66. The molecule has 110 valence electrons. The van der Waals surface area contributed by atoms with Crippen LogP contribution in [0.2, 0.25) is 0 Å². The van der Waals surface area contributed by atoms with Crippen LogP contribution in [-0.4, -0.2) is 5.78 Å². The van der Waals surface area contributed by atoms with Crippen LogP contribution >= 0.6 is 0 Å². The van der Waals surface area contributed by atoms with E-state index in [-0.39, 0.29) is 5.78 Å². The molecule has 0 N–H and O–H groups in total. The normalized spacial score (nSPS) is 28.3. The van der Waals surface area contributed by atoms with Crippen molar-refractivity contribution >= 4 is 5.78 Å². The Morgan fingerprint density at radius 3 is 2.67 bits per heavy atom. The van der Waals surface area contributed by atoms with Crippen LogP contribution < -0.4 is 0 Å². The minimum atomic E-state index is -0.580. The van der Waals surface area contributed by atoms with Gasteiger partial charge in [-0.1, -0.05) is 24.6 Å². The minimum absolute atomic E-state index is 0.123. The number of nitriles is 1. The van der Waals surface area contributed by atoms with Crippen molar-refractivity contribution in [1.29, 1.82) is 5.26 Å². The second-order valence-corrected chi connectivity index (χ2v) is 7.01. The molecule has 0 aromatic heterocycles. The van der Waals surface area contributed by atoms with Crippen LogP contribution in [-0.2, 0) is 4.79 Å². The molecule has 2 aliphatic rings. The van der Waals surface area contributed by atoms with Crippen LogP contribution in [0.4, 0.5) is 0 Å². The molecule has 1 aromatic carbocycles. The van der Waals surface area contributed by atoms with Gasteiger partial charge in [-0.15, -0.1) is 0 Å². The molecule has 1 aromatic rings. The minimum Gasteiger partial charge on any atom is -0.298 e. The molecule has 4 unspecified atom stereocenters. The van der Waals surface area contributed by atoms with Gasteiger partial charge in [0.15, 0.2) is 5.78 Å². The molecule has 0 spiro atoms. The number of hydrogen-bond acceptors (Lipinski definition) is 2. The van der Waals surface area contributed by atoms with E-state index in [1.165, 1.54) is 31.2 Å². The lowest BCUT2D eigenvalue weighted by atomic mass is 9.81. The van der Waals surface area contributed by atoms with E-state index in [0.29, 0.717) is 12.3 Å². The molecule has 21 heavy (non-hydrogen) atoms. The molecule has 0 amide bonds. The summed E-state index contributed by atoms with van der Waals surface area (Å²) in [6, 6.07) is 8.19. The first-order chi connectivity index (χ1) is 10.1. The van der Waals surface area contributed by atoms with Gasteiger partial charge in [0.05, 0.1) is 6.07 Å². The molecular weight excluding hydrogens is 258 g/mol. The molecule has 0 saturated heterocycles. The highest BCUT2D eigenvalue weighted by atomic mass is 16.1. The largest absolute Gasteiger partial charge is 0.298 e. The van der Waals surface area contributed by atoms with E-state index in [1.807, 2.05) is 25.1 Å². The Hall–Kier alpha value is -1.62. The first-order valence-corrected chi connectivity index (χ1v) is 8.08. The Morgan fingerprint density at radius 1 is 1.29 bits per heavy atom. The fourth-order valence-electron chi connectivity index (χ4n) is 4.28. The highest BCUT2D eigenvalue weighted by Crippen LogP contribution is 2.50. The number of aryl methyl sites for hydroxylation is 2. The molecule has 2 fully saturated rings. The Balaban J connectivity index is 1.72. The van der Waals surface area contributed by atoms with Crippen LogP contribution in [0, 0.1) is 42.9 Å². The van der Waals surface area contributed by atoms with Gasteiger partial charge in [-0.25, -0.2) is 0 Å². The lowest BCUT2D eigenvalue weighted by molar-refractivity contribution is -0.120. The van der Waals surface area contributed by atoms with Crippen molar-refractivity contribution in [2.24, 2.45) is 17.8 Å². The summed E-state index contributed by atoms with van der Waals surface area (Å²) in [5, 5.41) is 9.45. The summed E-state index contributed by atoms with van der Waals surface area (Å²) in [6.07, 6.45) is 5.78. The van der Waals surface area contributed by atoms with Crippen LogP contribution in [0.5, 0.6) is 0 Å². The Kier molecular flexibility index (Phi) is 3.85. The van der Waals surface area contributed by atoms with E-state index < -0.39 is 5.92 Å². The van der Waals surface area contributed by atoms with Crippen molar-refractivity contribution in [2.75, 3.05) is 0 Å². The highest BCUT2D eigenvalue weighted by molar-refractivity contribution is 5.88. The molecule has 2 nitrogen and oxygen atoms in total. The zero-order valence-electron chi connectivity index (χ0n) is 12.9. The maximum absolute atomic E-state index is 12.6. The van der Waals surface area contributed by atoms with Gasteiger partial charge in [-0.2, -0.15) is 5.26 Å². The molecule has 0 aliphatic heterocycles. The topological polar surface area (TPSA) is 40.9 Å². The molecule has 2 aliphatic carbocycles. The summed E-state index contributed by atoms with van der Waals surface area (Å²) >= 11 is 0. The number of nitrogens with zero attached hydrogens (tertiary/aromatic N) is 1. The lowest BCUT2D eigenvalue weighted by Crippen LogP contribution is -2.19. The Labute approximate surface area is 127 Å². The monoisotopic (exact) mass is 281 g/mol. The number of benzene rings is 1. The first-order valence-electron chi connectivity index (χ1n) is 8.08. The van der Waals surface area contributed by atoms with Crippen molar-refractivity contribution in [3.05, 3.63) is 34.9 Å². The number of hydrogen-bond donors (Lipinski definition) is 0. The predicted molar refractivity (Wildman–Crippen MR) is 82.8 cm³/mol. The van der Waals surface area contributed by atoms with Crippen molar-refractivity contribution in [3.63, 3.8) is 0 Å². The van der Waals surface area contributed by atoms with Gasteiger partial charge >= 0.3 is 0 Å². The van der Waals surface area contributed by atoms with Crippen molar-refractivity contribution in [1.82, 2.24) is 0 Å². The zero-order chi connectivity index (χ0) is 15.0. The standard InChI is InChI=1S/C19H23NO/c1-12-3-5-16(7-13(12)2)18(11-20)19(21)10-17-9-14-4-6-15(17)8-14/h3,5,7,14-15,17-18H,4,6,8-10H2,1-2H3. The Morgan fingerprint density at radius 2 is 2.10 bits per heavy atom. The molecule has 0 radical (unpaired) electrons. The van der Waals surface area contributed by atoms with E-state index in [2.05, 4.69) is 13.0 Å². The summed E-state index contributed by atoms with van der Waals surface area (Å²) < 4.78 is 0. The fraction of sp³-hybridized carbons (Fsp3) is 0.579. The first kappa shape index (κ1) is 14.3. The molecule has 4 atom stereocenters. The van der Waals surface area contributed by atoms with Gasteiger partial charge in [-0.05, 0) is 67.6 Å².